The minimum atomic E-state index is 0. The molecule has 3 aromatic heterocycles. The molecule has 3 heterocycles. The van der Waals surface area contributed by atoms with Crippen LogP contribution in [0.15, 0.2) is 128 Å². The van der Waals surface area contributed by atoms with E-state index in [0.717, 1.165) is 65.5 Å². The van der Waals surface area contributed by atoms with Gasteiger partial charge in [0.2, 0.25) is 0 Å². The molecule has 5 aromatic carbocycles. The van der Waals surface area contributed by atoms with Gasteiger partial charge in [0.25, 0.3) is 0 Å². The fourth-order valence-corrected chi connectivity index (χ4v) is 5.71. The topological polar surface area (TPSA) is 39.9 Å². The summed E-state index contributed by atoms with van der Waals surface area (Å²) in [5.74, 6) is 0. The summed E-state index contributed by atoms with van der Waals surface area (Å²) in [6.07, 6.45) is 8.03. The Hall–Kier alpha value is -4.85. The summed E-state index contributed by atoms with van der Waals surface area (Å²) in [5, 5.41) is 11.0. The normalized spacial score (nSPS) is 12.4. The molecule has 4 heteroatoms. The van der Waals surface area contributed by atoms with E-state index in [1.165, 1.54) is 10.8 Å². The minimum Gasteiger partial charge on any atom is -0.663 e. The van der Waals surface area contributed by atoms with E-state index in [9.17, 15) is 0 Å². The van der Waals surface area contributed by atoms with Crippen LogP contribution in [0.4, 0.5) is 0 Å². The Morgan fingerprint density at radius 1 is 0.571 bits per heavy atom. The van der Waals surface area contributed by atoms with Gasteiger partial charge in [0, 0.05) is 23.5 Å². The Morgan fingerprint density at radius 3 is 2.17 bits per heavy atom. The van der Waals surface area contributed by atoms with Crippen LogP contribution in [0.1, 0.15) is 11.3 Å². The average molecular weight is 717 g/mol. The first-order valence-electron chi connectivity index (χ1n) is 13.7. The minimum absolute atomic E-state index is 0. The van der Waals surface area contributed by atoms with Crippen LogP contribution in [0.3, 0.4) is 0 Å². The van der Waals surface area contributed by atoms with Crippen LogP contribution >= 0.6 is 0 Å². The Morgan fingerprint density at radius 2 is 1.31 bits per heavy atom. The van der Waals surface area contributed by atoms with Gasteiger partial charge in [-0.3, -0.25) is 9.97 Å². The second-order valence-electron chi connectivity index (χ2n) is 10.2. The average Bonchev–Trinajstić information content (AvgIpc) is 3.38. The fraction of sp³-hybridized carbons (Fsp3) is 0. The fourth-order valence-electron chi connectivity index (χ4n) is 5.71. The first-order valence-corrected chi connectivity index (χ1v) is 13.7. The molecule has 200 valence electrons. The molecule has 3 nitrogen and oxygen atoms in total. The summed E-state index contributed by atoms with van der Waals surface area (Å²) >= 11 is 0. The predicted molar refractivity (Wildman–Crippen MR) is 169 cm³/mol. The number of benzene rings is 5. The van der Waals surface area contributed by atoms with Crippen LogP contribution in [0, 0.1) is 6.07 Å². The van der Waals surface area contributed by atoms with Gasteiger partial charge in [0.15, 0.2) is 0 Å². The molecule has 0 saturated carbocycles. The number of nitrogens with zero attached hydrogens (tertiary/aromatic N) is 3. The molecule has 8 rings (SSSR count). The maximum absolute atomic E-state index is 5.19. The zero-order valence-electron chi connectivity index (χ0n) is 22.4. The number of fused-ring (bicyclic) bond motifs is 5. The number of pyridine rings is 2. The van der Waals surface area contributed by atoms with Crippen molar-refractivity contribution in [2.45, 2.75) is 0 Å². The van der Waals surface area contributed by atoms with Crippen molar-refractivity contribution in [1.82, 2.24) is 15.0 Å². The number of hydrogen-bond acceptors (Lipinski definition) is 2. The second kappa shape index (κ2) is 10.9. The van der Waals surface area contributed by atoms with E-state index in [1.807, 2.05) is 24.5 Å². The van der Waals surface area contributed by atoms with Crippen molar-refractivity contribution in [3.05, 3.63) is 156 Å². The maximum atomic E-state index is 5.19. The maximum Gasteiger partial charge on any atom is 2.00 e. The molecule has 8 aromatic rings. The Balaban J connectivity index is 0.00000288. The Bertz CT molecular complexity index is 2380. The van der Waals surface area contributed by atoms with Crippen LogP contribution in [-0.2, 0) is 21.1 Å². The predicted octanol–water partition coefficient (Wildman–Crippen LogP) is 7.17. The zero-order chi connectivity index (χ0) is 27.2. The molecule has 0 saturated heterocycles. The molecule has 0 aliphatic heterocycles. The smallest absolute Gasteiger partial charge is 0.663 e. The van der Waals surface area contributed by atoms with Gasteiger partial charge in [-0.05, 0) is 49.8 Å². The first-order chi connectivity index (χ1) is 20.3. The number of aromatic nitrogens is 3. The third-order valence-electron chi connectivity index (χ3n) is 7.70. The third kappa shape index (κ3) is 4.62. The molecule has 0 amide bonds. The molecule has 0 bridgehead atoms. The summed E-state index contributed by atoms with van der Waals surface area (Å²) in [7, 11) is 0. The van der Waals surface area contributed by atoms with E-state index >= 15 is 0 Å². The van der Waals surface area contributed by atoms with E-state index in [4.69, 9.17) is 15.0 Å². The van der Waals surface area contributed by atoms with Gasteiger partial charge < -0.3 is 4.98 Å². The Kier molecular flexibility index (Phi) is 6.74. The number of rotatable bonds is 3. The number of hydrogen-bond donors (Lipinski definition) is 0. The summed E-state index contributed by atoms with van der Waals surface area (Å²) in [4.78, 5) is 14.6. The van der Waals surface area contributed by atoms with Crippen molar-refractivity contribution in [3.63, 3.8) is 0 Å². The second-order valence-corrected chi connectivity index (χ2v) is 10.2. The van der Waals surface area contributed by atoms with Crippen molar-refractivity contribution < 1.29 is 21.1 Å². The van der Waals surface area contributed by atoms with Gasteiger partial charge in [0.05, 0.1) is 5.69 Å². The van der Waals surface area contributed by atoms with Gasteiger partial charge >= 0.3 is 21.1 Å². The van der Waals surface area contributed by atoms with Crippen LogP contribution in [0.2, 0.25) is 0 Å². The largest absolute Gasteiger partial charge is 2.00 e. The molecule has 0 unspecified atom stereocenters. The zero-order valence-corrected chi connectivity index (χ0v) is 24.7. The third-order valence-corrected chi connectivity index (χ3v) is 7.70. The van der Waals surface area contributed by atoms with Gasteiger partial charge in [-0.2, -0.15) is 5.35 Å². The van der Waals surface area contributed by atoms with Crippen molar-refractivity contribution in [2.75, 3.05) is 0 Å². The molecule has 0 N–H and O–H groups in total. The van der Waals surface area contributed by atoms with Crippen molar-refractivity contribution in [2.24, 2.45) is 0 Å². The van der Waals surface area contributed by atoms with Crippen LogP contribution < -0.4 is 15.7 Å². The summed E-state index contributed by atoms with van der Waals surface area (Å²) in [5.41, 5.74) is 3.73. The van der Waals surface area contributed by atoms with Crippen molar-refractivity contribution in [1.29, 1.82) is 0 Å². The van der Waals surface area contributed by atoms with E-state index in [-0.39, 0.29) is 21.1 Å². The molecular weight excluding hydrogens is 694 g/mol. The van der Waals surface area contributed by atoms with Crippen molar-refractivity contribution in [3.8, 4) is 11.3 Å². The first kappa shape index (κ1) is 26.1. The van der Waals surface area contributed by atoms with E-state index < -0.39 is 0 Å². The van der Waals surface area contributed by atoms with Gasteiger partial charge in [-0.1, -0.05) is 96.6 Å². The molecule has 0 fully saturated rings. The molecule has 0 aliphatic rings. The van der Waals surface area contributed by atoms with Crippen LogP contribution in [0.25, 0.3) is 66.5 Å². The van der Waals surface area contributed by atoms with Crippen molar-refractivity contribution >= 4 is 55.2 Å². The molecular formula is C38H23N3Pt. The van der Waals surface area contributed by atoms with Gasteiger partial charge in [0.1, 0.15) is 0 Å². The molecule has 0 aliphatic carbocycles. The van der Waals surface area contributed by atoms with E-state index in [1.54, 1.807) is 0 Å². The molecule has 42 heavy (non-hydrogen) atoms. The summed E-state index contributed by atoms with van der Waals surface area (Å²) < 4.78 is 0. The van der Waals surface area contributed by atoms with Gasteiger partial charge in [-0.25, -0.2) is 0 Å². The monoisotopic (exact) mass is 716 g/mol. The standard InChI is InChI=1S/C38H23N3.Pt/c1-2-12-30-24-40-34(22-28(30)11-1)29-13-7-8-25(20-29)21-36-33-17-16-26-9-4-6-15-32(26)38(33)37(41-36)23-35-31-14-5-3-10-27(31)18-19-39-35;/h1-19,21-24H;/q-2;+2/b36-21-,37-23-;. The quantitative estimate of drug-likeness (QED) is 0.182. The van der Waals surface area contributed by atoms with Gasteiger partial charge in [-0.15, -0.1) is 41.3 Å². The Labute approximate surface area is 257 Å². The van der Waals surface area contributed by atoms with E-state index in [2.05, 4.69) is 121 Å². The van der Waals surface area contributed by atoms with Crippen LogP contribution in [0.5, 0.6) is 0 Å². The summed E-state index contributed by atoms with van der Waals surface area (Å²) in [6, 6.07) is 43.4. The molecule has 0 radical (unpaired) electrons. The van der Waals surface area contributed by atoms with Crippen LogP contribution in [-0.4, -0.2) is 9.97 Å². The molecule has 0 atom stereocenters. The molecule has 0 spiro atoms. The summed E-state index contributed by atoms with van der Waals surface area (Å²) in [6.45, 7) is 0. The van der Waals surface area contributed by atoms with E-state index in [0.29, 0.717) is 0 Å². The SMILES string of the molecule is [Pt+2].[c-]1c(/C=c2\[n-]/c(=C\c3nccc4ccccc34)c3c2ccc2ccccc23)cccc1-c1cc2ccccc2cn1.